The number of alkyl halides is 5. The largest absolute Gasteiger partial charge is 0.433 e. The van der Waals surface area contributed by atoms with Gasteiger partial charge in [-0.25, -0.2) is 18.7 Å². The van der Waals surface area contributed by atoms with E-state index in [0.29, 0.717) is 6.07 Å². The van der Waals surface area contributed by atoms with E-state index < -0.39 is 42.0 Å². The molecule has 1 aromatic heterocycles. The van der Waals surface area contributed by atoms with Crippen LogP contribution in [0.5, 0.6) is 0 Å². The fraction of sp³-hybridized carbons (Fsp3) is 0.500. The molecule has 0 saturated heterocycles. The molecule has 0 amide bonds. The Morgan fingerprint density at radius 2 is 1.83 bits per heavy atom. The highest BCUT2D eigenvalue weighted by Crippen LogP contribution is 2.29. The quantitative estimate of drug-likeness (QED) is 0.659. The molecule has 1 rings (SSSR count). The van der Waals surface area contributed by atoms with Crippen molar-refractivity contribution < 1.29 is 27.1 Å². The first-order valence-electron chi connectivity index (χ1n) is 4.48. The van der Waals surface area contributed by atoms with Crippen molar-refractivity contribution in [3.05, 3.63) is 17.0 Å². The number of aliphatic hydroxyl groups is 1. The Bertz CT molecular complexity index is 426. The van der Waals surface area contributed by atoms with Crippen LogP contribution in [0.1, 0.15) is 5.69 Å². The minimum Gasteiger partial charge on any atom is -0.390 e. The summed E-state index contributed by atoms with van der Waals surface area (Å²) < 4.78 is 62.3. The number of aromatic nitrogens is 2. The Labute approximate surface area is 103 Å². The molecule has 0 spiro atoms. The van der Waals surface area contributed by atoms with Crippen LogP contribution in [0.4, 0.5) is 27.8 Å². The van der Waals surface area contributed by atoms with E-state index >= 15 is 0 Å². The van der Waals surface area contributed by atoms with Crippen molar-refractivity contribution in [3.63, 3.8) is 0 Å². The first-order chi connectivity index (χ1) is 8.14. The van der Waals surface area contributed by atoms with Crippen molar-refractivity contribution in [2.45, 2.75) is 12.1 Å². The SMILES string of the molecule is OCC(F)(F)CNc1cc(C(F)(F)F)nc(Cl)n1. The summed E-state index contributed by atoms with van der Waals surface area (Å²) in [6.07, 6.45) is -4.76. The number of nitrogens with one attached hydrogen (secondary N) is 1. The van der Waals surface area contributed by atoms with E-state index in [2.05, 4.69) is 9.97 Å². The lowest BCUT2D eigenvalue weighted by atomic mass is 10.3. The Balaban J connectivity index is 2.88. The number of nitrogens with zero attached hydrogens (tertiary/aromatic N) is 2. The molecule has 0 unspecified atom stereocenters. The highest BCUT2D eigenvalue weighted by molar-refractivity contribution is 6.28. The van der Waals surface area contributed by atoms with E-state index in [9.17, 15) is 22.0 Å². The third-order valence-electron chi connectivity index (χ3n) is 1.75. The zero-order chi connectivity index (χ0) is 14.0. The van der Waals surface area contributed by atoms with Gasteiger partial charge in [0.15, 0.2) is 5.69 Å². The van der Waals surface area contributed by atoms with Crippen LogP contribution in [-0.2, 0) is 6.18 Å². The molecule has 0 radical (unpaired) electrons. The number of hydrogen-bond donors (Lipinski definition) is 2. The van der Waals surface area contributed by atoms with Crippen molar-refractivity contribution in [1.29, 1.82) is 0 Å². The smallest absolute Gasteiger partial charge is 0.390 e. The van der Waals surface area contributed by atoms with Crippen molar-refractivity contribution in [2.24, 2.45) is 0 Å². The second kappa shape index (κ2) is 5.19. The molecule has 4 nitrogen and oxygen atoms in total. The first-order valence-corrected chi connectivity index (χ1v) is 4.86. The molecule has 18 heavy (non-hydrogen) atoms. The van der Waals surface area contributed by atoms with E-state index in [0.717, 1.165) is 0 Å². The topological polar surface area (TPSA) is 58.0 Å². The molecule has 0 aliphatic carbocycles. The molecule has 0 aromatic carbocycles. The standard InChI is InChI=1S/C8H7ClF5N3O/c9-6-16-4(8(12,13)14)1-5(17-6)15-2-7(10,11)3-18/h1,18H,2-3H2,(H,15,16,17). The second-order valence-corrected chi connectivity index (χ2v) is 3.61. The summed E-state index contributed by atoms with van der Waals surface area (Å²) in [6, 6.07) is 0.444. The zero-order valence-electron chi connectivity index (χ0n) is 8.60. The summed E-state index contributed by atoms with van der Waals surface area (Å²) in [6.45, 7) is -2.51. The molecular weight excluding hydrogens is 285 g/mol. The summed E-state index contributed by atoms with van der Waals surface area (Å²) in [5.74, 6) is -3.98. The van der Waals surface area contributed by atoms with Crippen molar-refractivity contribution in [2.75, 3.05) is 18.5 Å². The second-order valence-electron chi connectivity index (χ2n) is 3.27. The molecule has 0 saturated carbocycles. The molecule has 0 atom stereocenters. The third-order valence-corrected chi connectivity index (χ3v) is 1.92. The first kappa shape index (κ1) is 14.8. The van der Waals surface area contributed by atoms with E-state index in [4.69, 9.17) is 16.7 Å². The number of rotatable bonds is 4. The van der Waals surface area contributed by atoms with Crippen LogP contribution in [0, 0.1) is 0 Å². The van der Waals surface area contributed by atoms with Gasteiger partial charge in [0.2, 0.25) is 5.28 Å². The maximum atomic E-state index is 12.7. The number of aliphatic hydroxyl groups excluding tert-OH is 1. The molecule has 2 N–H and O–H groups in total. The van der Waals surface area contributed by atoms with Gasteiger partial charge >= 0.3 is 6.18 Å². The van der Waals surface area contributed by atoms with Crippen molar-refractivity contribution in [3.8, 4) is 0 Å². The molecule has 0 fully saturated rings. The highest BCUT2D eigenvalue weighted by atomic mass is 35.5. The molecule has 10 heteroatoms. The van der Waals surface area contributed by atoms with E-state index in [1.165, 1.54) is 0 Å². The molecular formula is C8H7ClF5N3O. The molecule has 0 aliphatic heterocycles. The summed E-state index contributed by atoms with van der Waals surface area (Å²) in [7, 11) is 0. The number of anilines is 1. The molecule has 1 heterocycles. The van der Waals surface area contributed by atoms with Gasteiger partial charge in [0.1, 0.15) is 12.4 Å². The van der Waals surface area contributed by atoms with Gasteiger partial charge in [-0.1, -0.05) is 0 Å². The maximum absolute atomic E-state index is 12.7. The summed E-state index contributed by atoms with van der Waals surface area (Å²) in [5, 5.41) is 9.50. The van der Waals surface area contributed by atoms with E-state index in [1.54, 1.807) is 0 Å². The van der Waals surface area contributed by atoms with Gasteiger partial charge < -0.3 is 10.4 Å². The van der Waals surface area contributed by atoms with Gasteiger partial charge in [0.05, 0.1) is 6.54 Å². The van der Waals surface area contributed by atoms with Crippen molar-refractivity contribution in [1.82, 2.24) is 9.97 Å². The minimum absolute atomic E-state index is 0.444. The van der Waals surface area contributed by atoms with Gasteiger partial charge in [0, 0.05) is 6.07 Å². The van der Waals surface area contributed by atoms with Gasteiger partial charge in [-0.15, -0.1) is 0 Å². The Kier molecular flexibility index (Phi) is 4.28. The maximum Gasteiger partial charge on any atom is 0.433 e. The summed E-state index contributed by atoms with van der Waals surface area (Å²) in [5.41, 5.74) is -1.35. The minimum atomic E-state index is -4.76. The van der Waals surface area contributed by atoms with Crippen molar-refractivity contribution >= 4 is 17.4 Å². The molecule has 0 aliphatic rings. The Morgan fingerprint density at radius 3 is 2.33 bits per heavy atom. The van der Waals surface area contributed by atoms with Crippen LogP contribution in [0.3, 0.4) is 0 Å². The fourth-order valence-electron chi connectivity index (χ4n) is 0.929. The average molecular weight is 292 g/mol. The van der Waals surface area contributed by atoms with Gasteiger partial charge in [0.25, 0.3) is 5.92 Å². The number of hydrogen-bond acceptors (Lipinski definition) is 4. The van der Waals surface area contributed by atoms with Crippen LogP contribution in [-0.4, -0.2) is 34.1 Å². The van der Waals surface area contributed by atoms with Gasteiger partial charge in [-0.05, 0) is 11.6 Å². The highest BCUT2D eigenvalue weighted by Gasteiger charge is 2.34. The molecule has 102 valence electrons. The summed E-state index contributed by atoms with van der Waals surface area (Å²) in [4.78, 5) is 6.24. The predicted molar refractivity (Wildman–Crippen MR) is 52.6 cm³/mol. The lowest BCUT2D eigenvalue weighted by Gasteiger charge is -2.15. The number of halogens is 6. The summed E-state index contributed by atoms with van der Waals surface area (Å²) >= 11 is 5.24. The van der Waals surface area contributed by atoms with Gasteiger partial charge in [-0.2, -0.15) is 13.2 Å². The predicted octanol–water partition coefficient (Wildman–Crippen LogP) is 2.19. The molecule has 0 bridgehead atoms. The fourth-order valence-corrected chi connectivity index (χ4v) is 1.11. The Hall–Kier alpha value is -1.22. The van der Waals surface area contributed by atoms with Crippen LogP contribution in [0.25, 0.3) is 0 Å². The Morgan fingerprint density at radius 1 is 1.22 bits per heavy atom. The lowest BCUT2D eigenvalue weighted by molar-refractivity contribution is -0.141. The van der Waals surface area contributed by atoms with Gasteiger partial charge in [-0.3, -0.25) is 0 Å². The monoisotopic (exact) mass is 291 g/mol. The van der Waals surface area contributed by atoms with Crippen LogP contribution in [0.2, 0.25) is 5.28 Å². The average Bonchev–Trinajstić information content (AvgIpc) is 2.25. The third kappa shape index (κ3) is 4.22. The van der Waals surface area contributed by atoms with Crippen LogP contribution in [0.15, 0.2) is 6.07 Å². The van der Waals surface area contributed by atoms with E-state index in [-0.39, 0.29) is 0 Å². The van der Waals surface area contributed by atoms with Crippen LogP contribution >= 0.6 is 11.6 Å². The van der Waals surface area contributed by atoms with Crippen LogP contribution < -0.4 is 5.32 Å². The normalized spacial score (nSPS) is 12.6. The zero-order valence-corrected chi connectivity index (χ0v) is 9.36. The lowest BCUT2D eigenvalue weighted by Crippen LogP contribution is -2.31. The van der Waals surface area contributed by atoms with E-state index in [1.807, 2.05) is 5.32 Å². The molecule has 1 aromatic rings.